The van der Waals surface area contributed by atoms with Gasteiger partial charge in [0.15, 0.2) is 0 Å². The topological polar surface area (TPSA) is 24.9 Å². The molecule has 1 heterocycles. The quantitative estimate of drug-likeness (QED) is 0.808. The molecule has 0 radical (unpaired) electrons. The van der Waals surface area contributed by atoms with Crippen LogP contribution >= 0.6 is 23.5 Å². The number of hydrogen-bond acceptors (Lipinski definition) is 3. The molecule has 1 aliphatic carbocycles. The Hall–Kier alpha value is -1.19. The lowest BCUT2D eigenvalue weighted by Crippen LogP contribution is -1.91. The maximum Gasteiger partial charge on any atom is 0.0632 e. The fraction of sp³-hybridized carbons (Fsp3) is 0.267. The van der Waals surface area contributed by atoms with Crippen LogP contribution in [0.25, 0.3) is 11.1 Å². The zero-order valence-corrected chi connectivity index (χ0v) is 12.3. The van der Waals surface area contributed by atoms with Gasteiger partial charge in [0.1, 0.15) is 0 Å². The summed E-state index contributed by atoms with van der Waals surface area (Å²) >= 11 is 7.96. The molecule has 2 aromatic rings. The van der Waals surface area contributed by atoms with Gasteiger partial charge < -0.3 is 4.72 Å². The second-order valence-electron chi connectivity index (χ2n) is 4.85. The highest BCUT2D eigenvalue weighted by Crippen LogP contribution is 2.35. The van der Waals surface area contributed by atoms with Crippen LogP contribution in [0, 0.1) is 6.92 Å². The van der Waals surface area contributed by atoms with Crippen molar-refractivity contribution in [2.75, 3.05) is 4.72 Å². The molecule has 0 bridgehead atoms. The van der Waals surface area contributed by atoms with Crippen LogP contribution < -0.4 is 4.72 Å². The number of hydrogen-bond donors (Lipinski definition) is 1. The molecule has 0 atom stereocenters. The smallest absolute Gasteiger partial charge is 0.0632 e. The van der Waals surface area contributed by atoms with Crippen molar-refractivity contribution in [1.82, 2.24) is 4.98 Å². The number of aryl methyl sites for hydroxylation is 1. The van der Waals surface area contributed by atoms with Gasteiger partial charge in [0.05, 0.1) is 11.9 Å². The zero-order valence-electron chi connectivity index (χ0n) is 10.7. The number of aromatic nitrogens is 1. The predicted molar refractivity (Wildman–Crippen MR) is 83.7 cm³/mol. The van der Waals surface area contributed by atoms with Crippen LogP contribution in [0.5, 0.6) is 0 Å². The van der Waals surface area contributed by atoms with Crippen LogP contribution in [0.3, 0.4) is 0 Å². The van der Waals surface area contributed by atoms with Crippen LogP contribution in [0.4, 0.5) is 5.69 Å². The van der Waals surface area contributed by atoms with E-state index < -0.39 is 0 Å². The highest BCUT2D eigenvalue weighted by molar-refractivity contribution is 8.01. The molecule has 1 N–H and O–H groups in total. The molecule has 0 saturated heterocycles. The van der Waals surface area contributed by atoms with E-state index in [2.05, 4.69) is 21.8 Å². The Morgan fingerprint density at radius 2 is 2.05 bits per heavy atom. The molecule has 0 unspecified atom stereocenters. The van der Waals surface area contributed by atoms with E-state index in [9.17, 15) is 0 Å². The summed E-state index contributed by atoms with van der Waals surface area (Å²) in [5, 5.41) is 1.57. The van der Waals surface area contributed by atoms with Gasteiger partial charge in [-0.2, -0.15) is 0 Å². The average Bonchev–Trinajstić information content (AvgIpc) is 3.24. The zero-order chi connectivity index (χ0) is 13.2. The minimum Gasteiger partial charge on any atom is -0.328 e. The monoisotopic (exact) mass is 290 g/mol. The summed E-state index contributed by atoms with van der Waals surface area (Å²) in [4.78, 5) is 4.29. The molecule has 98 valence electrons. The first-order chi connectivity index (χ1) is 9.22. The van der Waals surface area contributed by atoms with E-state index >= 15 is 0 Å². The highest BCUT2D eigenvalue weighted by atomic mass is 35.5. The van der Waals surface area contributed by atoms with Gasteiger partial charge in [0.2, 0.25) is 0 Å². The molecule has 1 aromatic heterocycles. The summed E-state index contributed by atoms with van der Waals surface area (Å²) in [6.45, 7) is 2.01. The first kappa shape index (κ1) is 12.8. The lowest BCUT2D eigenvalue weighted by Gasteiger charge is -2.08. The van der Waals surface area contributed by atoms with E-state index in [1.54, 1.807) is 11.9 Å². The first-order valence-electron chi connectivity index (χ1n) is 6.35. The number of halogens is 1. The van der Waals surface area contributed by atoms with E-state index in [1.807, 2.05) is 31.5 Å². The lowest BCUT2D eigenvalue weighted by atomic mass is 10.1. The lowest BCUT2D eigenvalue weighted by molar-refractivity contribution is 1.33. The normalized spacial score (nSPS) is 14.4. The van der Waals surface area contributed by atoms with E-state index in [0.717, 1.165) is 32.7 Å². The Labute approximate surface area is 122 Å². The van der Waals surface area contributed by atoms with E-state index in [4.69, 9.17) is 11.6 Å². The van der Waals surface area contributed by atoms with Crippen LogP contribution in [-0.4, -0.2) is 10.2 Å². The summed E-state index contributed by atoms with van der Waals surface area (Å²) in [5.74, 6) is 0. The molecule has 0 amide bonds. The van der Waals surface area contributed by atoms with Gasteiger partial charge in [-0.25, -0.2) is 0 Å². The van der Waals surface area contributed by atoms with E-state index in [1.165, 1.54) is 12.8 Å². The van der Waals surface area contributed by atoms with Crippen molar-refractivity contribution < 1.29 is 0 Å². The van der Waals surface area contributed by atoms with E-state index in [-0.39, 0.29) is 0 Å². The Morgan fingerprint density at radius 3 is 2.79 bits per heavy atom. The third kappa shape index (κ3) is 3.23. The second kappa shape index (κ2) is 5.43. The molecule has 1 saturated carbocycles. The molecular weight excluding hydrogens is 276 g/mol. The number of benzene rings is 1. The maximum absolute atomic E-state index is 6.17. The fourth-order valence-electron chi connectivity index (χ4n) is 1.76. The minimum atomic E-state index is 0.775. The van der Waals surface area contributed by atoms with Gasteiger partial charge in [-0.05, 0) is 55.0 Å². The molecule has 2 nitrogen and oxygen atoms in total. The third-order valence-electron chi connectivity index (χ3n) is 3.11. The van der Waals surface area contributed by atoms with Gasteiger partial charge in [0.25, 0.3) is 0 Å². The number of nitrogens with zero attached hydrogens (tertiary/aromatic N) is 1. The molecule has 19 heavy (non-hydrogen) atoms. The Kier molecular flexibility index (Phi) is 3.67. The number of rotatable bonds is 4. The number of anilines is 1. The third-order valence-corrected chi connectivity index (χ3v) is 4.68. The summed E-state index contributed by atoms with van der Waals surface area (Å²) in [6.07, 6.45) is 6.36. The average molecular weight is 291 g/mol. The summed E-state index contributed by atoms with van der Waals surface area (Å²) in [7, 11) is 0. The summed E-state index contributed by atoms with van der Waals surface area (Å²) in [6, 6.07) is 8.22. The molecule has 0 aliphatic heterocycles. The van der Waals surface area contributed by atoms with Crippen molar-refractivity contribution in [3.05, 3.63) is 47.2 Å². The van der Waals surface area contributed by atoms with Crippen LogP contribution in [0.2, 0.25) is 5.02 Å². The molecule has 1 aliphatic rings. The van der Waals surface area contributed by atoms with Crippen molar-refractivity contribution in [3.63, 3.8) is 0 Å². The van der Waals surface area contributed by atoms with Gasteiger partial charge in [-0.3, -0.25) is 4.98 Å². The fourth-order valence-corrected chi connectivity index (χ4v) is 2.73. The van der Waals surface area contributed by atoms with Gasteiger partial charge >= 0.3 is 0 Å². The Balaban J connectivity index is 1.82. The van der Waals surface area contributed by atoms with Gasteiger partial charge in [0, 0.05) is 22.0 Å². The molecule has 1 fully saturated rings. The standard InChI is InChI=1S/C15H15ClN2S/c1-10-2-3-11(7-15(10)16)12-6-13(9-17-8-12)18-19-14-4-5-14/h2-3,6-9,14,18H,4-5H2,1H3. The second-order valence-corrected chi connectivity index (χ2v) is 6.36. The number of nitrogens with one attached hydrogen (secondary N) is 1. The highest BCUT2D eigenvalue weighted by Gasteiger charge is 2.22. The van der Waals surface area contributed by atoms with Crippen molar-refractivity contribution in [1.29, 1.82) is 0 Å². The minimum absolute atomic E-state index is 0.775. The molecule has 0 spiro atoms. The Bertz CT molecular complexity index is 596. The van der Waals surface area contributed by atoms with Crippen molar-refractivity contribution >= 4 is 29.2 Å². The summed E-state index contributed by atoms with van der Waals surface area (Å²) < 4.78 is 3.36. The van der Waals surface area contributed by atoms with E-state index in [0.29, 0.717) is 0 Å². The predicted octanol–water partition coefficient (Wildman–Crippen LogP) is 4.93. The molecule has 4 heteroatoms. The first-order valence-corrected chi connectivity index (χ1v) is 7.61. The summed E-state index contributed by atoms with van der Waals surface area (Å²) in [5.41, 5.74) is 4.33. The van der Waals surface area contributed by atoms with Crippen molar-refractivity contribution in [3.8, 4) is 11.1 Å². The maximum atomic E-state index is 6.17. The molecular formula is C15H15ClN2S. The Morgan fingerprint density at radius 1 is 1.21 bits per heavy atom. The van der Waals surface area contributed by atoms with Crippen LogP contribution in [0.15, 0.2) is 36.7 Å². The van der Waals surface area contributed by atoms with Gasteiger partial charge in [-0.1, -0.05) is 23.7 Å². The van der Waals surface area contributed by atoms with Gasteiger partial charge in [-0.15, -0.1) is 0 Å². The van der Waals surface area contributed by atoms with Crippen molar-refractivity contribution in [2.24, 2.45) is 0 Å². The van der Waals surface area contributed by atoms with Crippen LogP contribution in [0.1, 0.15) is 18.4 Å². The van der Waals surface area contributed by atoms with Crippen molar-refractivity contribution in [2.45, 2.75) is 25.0 Å². The molecule has 3 rings (SSSR count). The largest absolute Gasteiger partial charge is 0.328 e. The SMILES string of the molecule is Cc1ccc(-c2cncc(NSC3CC3)c2)cc1Cl. The van der Waals surface area contributed by atoms with Crippen LogP contribution in [-0.2, 0) is 0 Å². The number of pyridine rings is 1. The molecule has 1 aromatic carbocycles.